The van der Waals surface area contributed by atoms with E-state index in [1.165, 1.54) is 35.1 Å². The summed E-state index contributed by atoms with van der Waals surface area (Å²) in [6.07, 6.45) is 2.83. The van der Waals surface area contributed by atoms with Gasteiger partial charge in [0.25, 0.3) is 5.91 Å². The number of benzene rings is 1. The molecule has 3 aromatic rings. The lowest BCUT2D eigenvalue weighted by molar-refractivity contribution is 0.0990. The number of primary amides is 1. The largest absolute Gasteiger partial charge is 0.363 e. The quantitative estimate of drug-likeness (QED) is 0.407. The van der Waals surface area contributed by atoms with E-state index >= 15 is 0 Å². The summed E-state index contributed by atoms with van der Waals surface area (Å²) in [7, 11) is 1.46. The highest BCUT2D eigenvalue weighted by Crippen LogP contribution is 2.29. The Balaban J connectivity index is 1.36. The first-order valence-corrected chi connectivity index (χ1v) is 10.5. The number of aryl methyl sites for hydroxylation is 1. The molecule has 0 fully saturated rings. The molecule has 1 aliphatic rings. The number of aromatic nitrogens is 5. The zero-order chi connectivity index (χ0) is 25.8. The van der Waals surface area contributed by atoms with E-state index in [2.05, 4.69) is 35.8 Å². The molecule has 36 heavy (non-hydrogen) atoms. The molecule has 0 saturated heterocycles. The number of nitrogens with zero attached hydrogens (tertiary/aromatic N) is 8. The average molecular weight is 495 g/mol. The van der Waals surface area contributed by atoms with Crippen LogP contribution in [0.25, 0.3) is 11.5 Å². The number of nitrogens with one attached hydrogen (secondary N) is 2. The van der Waals surface area contributed by atoms with Gasteiger partial charge in [-0.15, -0.1) is 5.10 Å². The number of hydrogen-bond acceptors (Lipinski definition) is 9. The highest BCUT2D eigenvalue weighted by molar-refractivity contribution is 5.89. The number of nitriles is 1. The normalized spacial score (nSPS) is 14.5. The summed E-state index contributed by atoms with van der Waals surface area (Å²) in [6.45, 7) is 0.291. The maximum atomic E-state index is 14.3. The van der Waals surface area contributed by atoms with Gasteiger partial charge >= 0.3 is 6.03 Å². The minimum Gasteiger partial charge on any atom is -0.363 e. The molecule has 0 aliphatic carbocycles. The van der Waals surface area contributed by atoms with E-state index in [0.717, 1.165) is 12.3 Å². The lowest BCUT2D eigenvalue weighted by Crippen LogP contribution is -2.39. The number of anilines is 1. The lowest BCUT2D eigenvalue weighted by atomic mass is 10.0. The first-order chi connectivity index (χ1) is 17.3. The van der Waals surface area contributed by atoms with E-state index in [-0.39, 0.29) is 41.9 Å². The van der Waals surface area contributed by atoms with Crippen molar-refractivity contribution < 1.29 is 18.4 Å². The van der Waals surface area contributed by atoms with E-state index in [9.17, 15) is 18.4 Å². The SMILES string of the molecule is Cn1nc(C(N)=O)nc1-c1nc(NCCNC(=O)N2N=CC[C@H]2c2cc(F)cc(C#N)c2)ncc1F. The van der Waals surface area contributed by atoms with E-state index in [1.807, 2.05) is 6.07 Å². The molecule has 0 spiro atoms. The van der Waals surface area contributed by atoms with Crippen LogP contribution in [0.15, 0.2) is 29.5 Å². The summed E-state index contributed by atoms with van der Waals surface area (Å²) < 4.78 is 29.3. The molecule has 4 N–H and O–H groups in total. The Morgan fingerprint density at radius 1 is 1.25 bits per heavy atom. The fourth-order valence-corrected chi connectivity index (χ4v) is 3.48. The Morgan fingerprint density at radius 2 is 2.06 bits per heavy atom. The van der Waals surface area contributed by atoms with Crippen LogP contribution < -0.4 is 16.4 Å². The zero-order valence-electron chi connectivity index (χ0n) is 18.8. The second-order valence-corrected chi connectivity index (χ2v) is 7.57. The third-order valence-corrected chi connectivity index (χ3v) is 5.10. The van der Waals surface area contributed by atoms with Gasteiger partial charge in [0.2, 0.25) is 11.8 Å². The fourth-order valence-electron chi connectivity index (χ4n) is 3.48. The van der Waals surface area contributed by atoms with Crippen LogP contribution in [0.5, 0.6) is 0 Å². The molecule has 15 heteroatoms. The van der Waals surface area contributed by atoms with Gasteiger partial charge in [-0.3, -0.25) is 4.79 Å². The number of amides is 3. The molecule has 0 bridgehead atoms. The van der Waals surface area contributed by atoms with Gasteiger partial charge in [-0.05, 0) is 23.8 Å². The molecule has 0 saturated carbocycles. The van der Waals surface area contributed by atoms with Crippen molar-refractivity contribution in [2.75, 3.05) is 18.4 Å². The zero-order valence-corrected chi connectivity index (χ0v) is 18.8. The van der Waals surface area contributed by atoms with Crippen molar-refractivity contribution in [3.8, 4) is 17.6 Å². The standard InChI is InChI=1S/C21H19F2N11O2/c1-33-19(31-18(32-33)17(25)35)16-14(23)10-28-20(30-16)26-4-5-27-21(36)34-15(2-3-29-34)12-6-11(9-24)7-13(22)8-12/h3,6-8,10,15H,2,4-5H2,1H3,(H2,25,35)(H,27,36)(H,26,28,30)/t15-/m0/s1. The van der Waals surface area contributed by atoms with Crippen LogP contribution >= 0.6 is 0 Å². The van der Waals surface area contributed by atoms with Crippen molar-refractivity contribution in [3.63, 3.8) is 0 Å². The van der Waals surface area contributed by atoms with Crippen LogP contribution in [0.2, 0.25) is 0 Å². The van der Waals surface area contributed by atoms with Gasteiger partial charge in [0.1, 0.15) is 11.5 Å². The molecule has 2 aromatic heterocycles. The van der Waals surface area contributed by atoms with Crippen LogP contribution in [0, 0.1) is 23.0 Å². The molecule has 1 aliphatic heterocycles. The van der Waals surface area contributed by atoms with Crippen molar-refractivity contribution in [1.29, 1.82) is 5.26 Å². The minimum absolute atomic E-state index is 0.0186. The Morgan fingerprint density at radius 3 is 2.78 bits per heavy atom. The summed E-state index contributed by atoms with van der Waals surface area (Å²) in [5.74, 6) is -2.48. The summed E-state index contributed by atoms with van der Waals surface area (Å²) in [5, 5.41) is 23.6. The molecule has 0 radical (unpaired) electrons. The summed E-state index contributed by atoms with van der Waals surface area (Å²) in [5.41, 5.74) is 5.56. The molecular formula is C21H19F2N11O2. The Bertz CT molecular complexity index is 1400. The van der Waals surface area contributed by atoms with E-state index in [1.54, 1.807) is 0 Å². The van der Waals surface area contributed by atoms with Crippen LogP contribution in [-0.2, 0) is 7.05 Å². The number of carbonyl (C=O) groups is 2. The first kappa shape index (κ1) is 24.1. The third kappa shape index (κ3) is 5.06. The van der Waals surface area contributed by atoms with E-state index in [4.69, 9.17) is 11.0 Å². The van der Waals surface area contributed by atoms with Gasteiger partial charge in [-0.25, -0.2) is 38.2 Å². The maximum Gasteiger partial charge on any atom is 0.338 e. The number of halogens is 2. The Kier molecular flexibility index (Phi) is 6.77. The maximum absolute atomic E-state index is 14.3. The third-order valence-electron chi connectivity index (χ3n) is 5.10. The summed E-state index contributed by atoms with van der Waals surface area (Å²) >= 11 is 0. The summed E-state index contributed by atoms with van der Waals surface area (Å²) in [6, 6.07) is 4.68. The van der Waals surface area contributed by atoms with Gasteiger partial charge in [0.05, 0.1) is 23.9 Å². The van der Waals surface area contributed by atoms with Gasteiger partial charge < -0.3 is 16.4 Å². The number of rotatable bonds is 7. The predicted octanol–water partition coefficient (Wildman–Crippen LogP) is 1.08. The number of nitrogens with two attached hydrogens (primary N) is 1. The van der Waals surface area contributed by atoms with Crippen molar-refractivity contribution in [3.05, 3.63) is 53.0 Å². The second kappa shape index (κ2) is 10.1. The van der Waals surface area contributed by atoms with Crippen molar-refractivity contribution in [2.24, 2.45) is 17.9 Å². The van der Waals surface area contributed by atoms with E-state index < -0.39 is 29.6 Å². The van der Waals surface area contributed by atoms with Gasteiger partial charge in [-0.1, -0.05) is 0 Å². The van der Waals surface area contributed by atoms with Crippen LogP contribution in [0.4, 0.5) is 19.5 Å². The first-order valence-electron chi connectivity index (χ1n) is 10.5. The highest BCUT2D eigenvalue weighted by atomic mass is 19.1. The van der Waals surface area contributed by atoms with Gasteiger partial charge in [0, 0.05) is 32.8 Å². The molecule has 184 valence electrons. The van der Waals surface area contributed by atoms with Crippen molar-refractivity contribution in [1.82, 2.24) is 35.1 Å². The minimum atomic E-state index is -0.868. The number of hydrogen-bond donors (Lipinski definition) is 3. The molecule has 4 rings (SSSR count). The molecule has 3 heterocycles. The van der Waals surface area contributed by atoms with Crippen molar-refractivity contribution >= 4 is 24.1 Å². The summed E-state index contributed by atoms with van der Waals surface area (Å²) in [4.78, 5) is 35.7. The highest BCUT2D eigenvalue weighted by Gasteiger charge is 2.28. The van der Waals surface area contributed by atoms with Gasteiger partial charge in [0.15, 0.2) is 11.6 Å². The Hall–Kier alpha value is -5.00. The monoisotopic (exact) mass is 495 g/mol. The van der Waals surface area contributed by atoms with Crippen LogP contribution in [0.3, 0.4) is 0 Å². The molecule has 1 aromatic carbocycles. The number of carbonyl (C=O) groups excluding carboxylic acids is 2. The smallest absolute Gasteiger partial charge is 0.338 e. The van der Waals surface area contributed by atoms with Crippen LogP contribution in [-0.4, -0.2) is 61.0 Å². The number of urea groups is 1. The lowest BCUT2D eigenvalue weighted by Gasteiger charge is -2.22. The Labute approximate surface area is 202 Å². The van der Waals surface area contributed by atoms with E-state index in [0.29, 0.717) is 12.0 Å². The molecule has 0 unspecified atom stereocenters. The topological polar surface area (TPSA) is 180 Å². The molecule has 3 amide bonds. The predicted molar refractivity (Wildman–Crippen MR) is 121 cm³/mol. The molecular weight excluding hydrogens is 476 g/mol. The van der Waals surface area contributed by atoms with Crippen molar-refractivity contribution in [2.45, 2.75) is 12.5 Å². The second-order valence-electron chi connectivity index (χ2n) is 7.57. The van der Waals surface area contributed by atoms with Crippen LogP contribution in [0.1, 0.15) is 34.2 Å². The average Bonchev–Trinajstić information content (AvgIpc) is 3.49. The fraction of sp³-hybridized carbons (Fsp3) is 0.238. The molecule has 13 nitrogen and oxygen atoms in total. The molecule has 1 atom stereocenters. The number of hydrazone groups is 1. The van der Waals surface area contributed by atoms with Gasteiger partial charge in [-0.2, -0.15) is 10.4 Å².